The zero-order valence-electron chi connectivity index (χ0n) is 18.5. The number of carbonyl (C=O) groups is 2. The number of nitro benzene ring substituents is 1. The van der Waals surface area contributed by atoms with E-state index in [1.54, 1.807) is 11.8 Å². The number of benzene rings is 2. The maximum absolute atomic E-state index is 13.0. The highest BCUT2D eigenvalue weighted by atomic mass is 16.6. The van der Waals surface area contributed by atoms with Crippen LogP contribution < -0.4 is 5.32 Å². The lowest BCUT2D eigenvalue weighted by molar-refractivity contribution is -0.385. The highest BCUT2D eigenvalue weighted by molar-refractivity contribution is 5.98. The van der Waals surface area contributed by atoms with E-state index in [0.29, 0.717) is 30.6 Å². The van der Waals surface area contributed by atoms with Crippen LogP contribution in [0.1, 0.15) is 53.7 Å². The van der Waals surface area contributed by atoms with Gasteiger partial charge in [-0.2, -0.15) is 0 Å². The second-order valence-corrected chi connectivity index (χ2v) is 8.88. The van der Waals surface area contributed by atoms with Gasteiger partial charge < -0.3 is 10.2 Å². The number of amides is 2. The fourth-order valence-corrected chi connectivity index (χ4v) is 3.97. The molecule has 2 amide bonds. The molecule has 1 fully saturated rings. The van der Waals surface area contributed by atoms with E-state index in [0.717, 1.165) is 12.0 Å². The predicted molar refractivity (Wildman–Crippen MR) is 119 cm³/mol. The Morgan fingerprint density at radius 2 is 1.84 bits per heavy atom. The largest absolute Gasteiger partial charge is 0.353 e. The molecule has 31 heavy (non-hydrogen) atoms. The first-order valence-electron chi connectivity index (χ1n) is 10.5. The maximum atomic E-state index is 13.0. The number of aryl methyl sites for hydroxylation is 2. The number of hydrogen-bond donors (Lipinski definition) is 1. The summed E-state index contributed by atoms with van der Waals surface area (Å²) in [6, 6.07) is 12.1. The summed E-state index contributed by atoms with van der Waals surface area (Å²) < 4.78 is 0. The van der Waals surface area contributed by atoms with Crippen molar-refractivity contribution in [2.24, 2.45) is 0 Å². The van der Waals surface area contributed by atoms with Crippen LogP contribution in [0, 0.1) is 24.0 Å². The molecule has 7 heteroatoms. The zero-order valence-corrected chi connectivity index (χ0v) is 18.5. The highest BCUT2D eigenvalue weighted by Crippen LogP contribution is 2.25. The number of carbonyl (C=O) groups excluding carboxylic acids is 2. The van der Waals surface area contributed by atoms with Gasteiger partial charge in [0.25, 0.3) is 11.6 Å². The Bertz CT molecular complexity index is 998. The average Bonchev–Trinajstić information content (AvgIpc) is 3.21. The molecule has 0 radical (unpaired) electrons. The van der Waals surface area contributed by atoms with Gasteiger partial charge in [0.2, 0.25) is 5.91 Å². The van der Waals surface area contributed by atoms with Gasteiger partial charge in [-0.25, -0.2) is 0 Å². The molecule has 0 spiro atoms. The minimum atomic E-state index is -0.531. The van der Waals surface area contributed by atoms with E-state index in [2.05, 4.69) is 43.4 Å². The van der Waals surface area contributed by atoms with E-state index in [-0.39, 0.29) is 22.9 Å². The average molecular weight is 424 g/mol. The van der Waals surface area contributed by atoms with Crippen molar-refractivity contribution in [3.8, 4) is 0 Å². The van der Waals surface area contributed by atoms with Crippen LogP contribution in [0.4, 0.5) is 5.69 Å². The summed E-state index contributed by atoms with van der Waals surface area (Å²) in [6.45, 7) is 8.76. The van der Waals surface area contributed by atoms with Crippen LogP contribution in [0.3, 0.4) is 0 Å². The van der Waals surface area contributed by atoms with Gasteiger partial charge in [0.15, 0.2) is 0 Å². The van der Waals surface area contributed by atoms with Gasteiger partial charge in [-0.05, 0) is 44.4 Å². The third-order valence-corrected chi connectivity index (χ3v) is 5.99. The Morgan fingerprint density at radius 1 is 1.16 bits per heavy atom. The van der Waals surface area contributed by atoms with Crippen molar-refractivity contribution in [3.05, 3.63) is 74.8 Å². The molecular formula is C24H29N3O4. The van der Waals surface area contributed by atoms with Crippen molar-refractivity contribution in [2.45, 2.75) is 52.0 Å². The van der Waals surface area contributed by atoms with Gasteiger partial charge in [-0.3, -0.25) is 19.7 Å². The fourth-order valence-electron chi connectivity index (χ4n) is 3.97. The second-order valence-electron chi connectivity index (χ2n) is 8.88. The summed E-state index contributed by atoms with van der Waals surface area (Å²) in [5.41, 5.74) is 2.85. The Labute approximate surface area is 182 Å². The minimum absolute atomic E-state index is 0.0226. The minimum Gasteiger partial charge on any atom is -0.353 e. The Hall–Kier alpha value is -3.22. The molecular weight excluding hydrogens is 394 g/mol. The Morgan fingerprint density at radius 3 is 2.45 bits per heavy atom. The van der Waals surface area contributed by atoms with Crippen LogP contribution in [0.15, 0.2) is 42.5 Å². The summed E-state index contributed by atoms with van der Waals surface area (Å²) in [4.78, 5) is 38.1. The van der Waals surface area contributed by atoms with Gasteiger partial charge in [0.1, 0.15) is 6.04 Å². The van der Waals surface area contributed by atoms with Crippen molar-refractivity contribution in [1.29, 1.82) is 0 Å². The first-order valence-corrected chi connectivity index (χ1v) is 10.5. The number of nitro groups is 1. The Balaban J connectivity index is 1.68. The van der Waals surface area contributed by atoms with E-state index in [9.17, 15) is 19.7 Å². The van der Waals surface area contributed by atoms with Gasteiger partial charge >= 0.3 is 0 Å². The fraction of sp³-hybridized carbons (Fsp3) is 0.417. The molecule has 1 saturated heterocycles. The third kappa shape index (κ3) is 4.93. The normalized spacial score (nSPS) is 16.3. The Kier molecular flexibility index (Phi) is 6.43. The van der Waals surface area contributed by atoms with Crippen molar-refractivity contribution in [1.82, 2.24) is 10.2 Å². The van der Waals surface area contributed by atoms with Crippen LogP contribution in [0.2, 0.25) is 0 Å². The molecule has 1 heterocycles. The molecule has 3 rings (SSSR count). The van der Waals surface area contributed by atoms with Gasteiger partial charge in [0, 0.05) is 35.7 Å². The molecule has 1 atom stereocenters. The number of likely N-dealkylation sites (tertiary alicyclic amines) is 1. The van der Waals surface area contributed by atoms with Crippen LogP contribution in [-0.4, -0.2) is 40.8 Å². The van der Waals surface area contributed by atoms with Crippen LogP contribution >= 0.6 is 0 Å². The number of nitrogens with one attached hydrogen (secondary N) is 1. The van der Waals surface area contributed by atoms with Gasteiger partial charge in [-0.15, -0.1) is 0 Å². The molecule has 0 aromatic heterocycles. The first-order chi connectivity index (χ1) is 14.6. The molecule has 164 valence electrons. The van der Waals surface area contributed by atoms with E-state index >= 15 is 0 Å². The van der Waals surface area contributed by atoms with E-state index < -0.39 is 11.0 Å². The molecule has 1 aliphatic heterocycles. The molecule has 0 bridgehead atoms. The van der Waals surface area contributed by atoms with Crippen molar-refractivity contribution < 1.29 is 14.5 Å². The number of nitrogens with zero attached hydrogens (tertiary/aromatic N) is 2. The van der Waals surface area contributed by atoms with E-state index in [1.807, 2.05) is 6.92 Å². The molecule has 1 N–H and O–H groups in total. The summed E-state index contributed by atoms with van der Waals surface area (Å²) in [5, 5.41) is 14.1. The smallest absolute Gasteiger partial charge is 0.272 e. The summed E-state index contributed by atoms with van der Waals surface area (Å²) in [7, 11) is 0. The molecule has 1 aliphatic rings. The summed E-state index contributed by atoms with van der Waals surface area (Å²) in [6.07, 6.45) is 1.35. The SMILES string of the molecule is Cc1ccc(C(C)(C)CNC(=O)C2CCCN2C(=O)c2ccc([N+](=O)[O-])c(C)c2)cc1. The molecule has 1 unspecified atom stereocenters. The highest BCUT2D eigenvalue weighted by Gasteiger charge is 2.35. The molecule has 2 aromatic rings. The van der Waals surface area contributed by atoms with Crippen LogP contribution in [0.5, 0.6) is 0 Å². The summed E-state index contributed by atoms with van der Waals surface area (Å²) in [5.74, 6) is -0.432. The van der Waals surface area contributed by atoms with Gasteiger partial charge in [0.05, 0.1) is 4.92 Å². The van der Waals surface area contributed by atoms with Crippen LogP contribution in [0.25, 0.3) is 0 Å². The van der Waals surface area contributed by atoms with Gasteiger partial charge in [-0.1, -0.05) is 43.7 Å². The first kappa shape index (κ1) is 22.5. The number of hydrogen-bond acceptors (Lipinski definition) is 4. The van der Waals surface area contributed by atoms with Crippen molar-refractivity contribution in [3.63, 3.8) is 0 Å². The zero-order chi connectivity index (χ0) is 22.8. The second kappa shape index (κ2) is 8.88. The standard InChI is InChI=1S/C24H29N3O4/c1-16-7-10-19(11-8-16)24(3,4)15-25-22(28)21-6-5-13-26(21)23(29)18-9-12-20(27(30)31)17(2)14-18/h7-12,14,21H,5-6,13,15H2,1-4H3,(H,25,28). The van der Waals surface area contributed by atoms with E-state index in [4.69, 9.17) is 0 Å². The number of rotatable bonds is 6. The predicted octanol–water partition coefficient (Wildman–Crippen LogP) is 3.91. The molecule has 0 aliphatic carbocycles. The monoisotopic (exact) mass is 423 g/mol. The quantitative estimate of drug-likeness (QED) is 0.563. The lowest BCUT2D eigenvalue weighted by Gasteiger charge is -2.29. The third-order valence-electron chi connectivity index (χ3n) is 5.99. The summed E-state index contributed by atoms with van der Waals surface area (Å²) >= 11 is 0. The van der Waals surface area contributed by atoms with Crippen LogP contribution in [-0.2, 0) is 10.2 Å². The van der Waals surface area contributed by atoms with Crippen molar-refractivity contribution in [2.75, 3.05) is 13.1 Å². The molecule has 2 aromatic carbocycles. The lowest BCUT2D eigenvalue weighted by Crippen LogP contribution is -2.48. The molecule has 7 nitrogen and oxygen atoms in total. The lowest BCUT2D eigenvalue weighted by atomic mass is 9.84. The van der Waals surface area contributed by atoms with E-state index in [1.165, 1.54) is 23.8 Å². The topological polar surface area (TPSA) is 92.6 Å². The maximum Gasteiger partial charge on any atom is 0.272 e. The molecule has 0 saturated carbocycles. The van der Waals surface area contributed by atoms with Crippen molar-refractivity contribution >= 4 is 17.5 Å².